The van der Waals surface area contributed by atoms with E-state index in [1.807, 2.05) is 0 Å². The Morgan fingerprint density at radius 3 is 2.27 bits per heavy atom. The molecule has 1 aromatic carbocycles. The summed E-state index contributed by atoms with van der Waals surface area (Å²) < 4.78 is 24.2. The highest BCUT2D eigenvalue weighted by Gasteiger charge is 2.16. The maximum atomic E-state index is 12.1. The first-order valence-corrected chi connectivity index (χ1v) is 8.42. The SMILES string of the molecule is Cc1cc(C)nc(NC(=O)CCS(=O)(=O)c2ccccc2)n1. The highest BCUT2D eigenvalue weighted by Crippen LogP contribution is 2.11. The summed E-state index contributed by atoms with van der Waals surface area (Å²) in [7, 11) is -3.47. The highest BCUT2D eigenvalue weighted by atomic mass is 32.2. The predicted octanol–water partition coefficient (Wildman–Crippen LogP) is 1.90. The van der Waals surface area contributed by atoms with Crippen LogP contribution < -0.4 is 5.32 Å². The van der Waals surface area contributed by atoms with Crippen molar-refractivity contribution in [3.63, 3.8) is 0 Å². The minimum Gasteiger partial charge on any atom is -0.294 e. The monoisotopic (exact) mass is 319 g/mol. The first kappa shape index (κ1) is 16.1. The molecule has 1 heterocycles. The van der Waals surface area contributed by atoms with Gasteiger partial charge >= 0.3 is 0 Å². The van der Waals surface area contributed by atoms with Crippen molar-refractivity contribution in [1.29, 1.82) is 0 Å². The van der Waals surface area contributed by atoms with Gasteiger partial charge in [0.1, 0.15) is 0 Å². The maximum absolute atomic E-state index is 12.1. The molecular formula is C15H17N3O3S. The normalized spacial score (nSPS) is 11.2. The molecule has 6 nitrogen and oxygen atoms in total. The van der Waals surface area contributed by atoms with Crippen LogP contribution in [0, 0.1) is 13.8 Å². The van der Waals surface area contributed by atoms with E-state index >= 15 is 0 Å². The molecule has 0 aliphatic rings. The van der Waals surface area contributed by atoms with Crippen LogP contribution in [0.15, 0.2) is 41.3 Å². The second kappa shape index (κ2) is 6.65. The van der Waals surface area contributed by atoms with Gasteiger partial charge in [0, 0.05) is 17.8 Å². The third-order valence-corrected chi connectivity index (χ3v) is 4.67. The molecule has 1 aromatic heterocycles. The Morgan fingerprint density at radius 2 is 1.68 bits per heavy atom. The molecule has 0 radical (unpaired) electrons. The van der Waals surface area contributed by atoms with Crippen molar-refractivity contribution in [1.82, 2.24) is 9.97 Å². The van der Waals surface area contributed by atoms with Gasteiger partial charge in [-0.3, -0.25) is 10.1 Å². The quantitative estimate of drug-likeness (QED) is 0.909. The number of anilines is 1. The lowest BCUT2D eigenvalue weighted by atomic mass is 10.3. The molecule has 1 amide bonds. The van der Waals surface area contributed by atoms with Gasteiger partial charge in [-0.05, 0) is 32.0 Å². The Balaban J connectivity index is 1.98. The maximum Gasteiger partial charge on any atom is 0.229 e. The van der Waals surface area contributed by atoms with Crippen LogP contribution in [0.2, 0.25) is 0 Å². The summed E-state index contributed by atoms with van der Waals surface area (Å²) in [4.78, 5) is 20.2. The van der Waals surface area contributed by atoms with Crippen molar-refractivity contribution < 1.29 is 13.2 Å². The molecule has 0 fully saturated rings. The molecule has 0 saturated carbocycles. The van der Waals surface area contributed by atoms with Gasteiger partial charge in [0.05, 0.1) is 10.6 Å². The van der Waals surface area contributed by atoms with Gasteiger partial charge in [-0.15, -0.1) is 0 Å². The average Bonchev–Trinajstić information content (AvgIpc) is 2.45. The summed E-state index contributed by atoms with van der Waals surface area (Å²) in [6.07, 6.45) is -0.145. The molecule has 2 aromatic rings. The van der Waals surface area contributed by atoms with E-state index in [4.69, 9.17) is 0 Å². The Kier molecular flexibility index (Phi) is 4.87. The van der Waals surface area contributed by atoms with Gasteiger partial charge in [0.15, 0.2) is 9.84 Å². The third-order valence-electron chi connectivity index (χ3n) is 2.93. The van der Waals surface area contributed by atoms with Crippen LogP contribution in [0.25, 0.3) is 0 Å². The van der Waals surface area contributed by atoms with Crippen LogP contribution >= 0.6 is 0 Å². The molecule has 0 aliphatic carbocycles. The molecule has 116 valence electrons. The summed E-state index contributed by atoms with van der Waals surface area (Å²) >= 11 is 0. The smallest absolute Gasteiger partial charge is 0.229 e. The molecule has 0 atom stereocenters. The number of benzene rings is 1. The Hall–Kier alpha value is -2.28. The van der Waals surface area contributed by atoms with Gasteiger partial charge in [0.2, 0.25) is 11.9 Å². The second-order valence-electron chi connectivity index (χ2n) is 4.90. The Labute approximate surface area is 129 Å². The van der Waals surface area contributed by atoms with E-state index in [2.05, 4.69) is 15.3 Å². The lowest BCUT2D eigenvalue weighted by Crippen LogP contribution is -2.19. The van der Waals surface area contributed by atoms with Gasteiger partial charge in [0.25, 0.3) is 0 Å². The van der Waals surface area contributed by atoms with Gasteiger partial charge in [-0.2, -0.15) is 0 Å². The average molecular weight is 319 g/mol. The first-order valence-electron chi connectivity index (χ1n) is 6.77. The van der Waals surface area contributed by atoms with Crippen LogP contribution in [0.5, 0.6) is 0 Å². The Morgan fingerprint density at radius 1 is 1.09 bits per heavy atom. The number of nitrogens with one attached hydrogen (secondary N) is 1. The van der Waals surface area contributed by atoms with Crippen LogP contribution in [0.1, 0.15) is 17.8 Å². The zero-order valence-corrected chi connectivity index (χ0v) is 13.2. The van der Waals surface area contributed by atoms with E-state index in [0.29, 0.717) is 0 Å². The first-order chi connectivity index (χ1) is 10.4. The predicted molar refractivity (Wildman–Crippen MR) is 83.2 cm³/mol. The summed E-state index contributed by atoms with van der Waals surface area (Å²) in [6.45, 7) is 3.59. The van der Waals surface area contributed by atoms with Crippen molar-refractivity contribution >= 4 is 21.7 Å². The fourth-order valence-electron chi connectivity index (χ4n) is 1.94. The topological polar surface area (TPSA) is 89.0 Å². The molecule has 0 bridgehead atoms. The summed E-state index contributed by atoms with van der Waals surface area (Å²) in [5, 5.41) is 2.52. The van der Waals surface area contributed by atoms with Gasteiger partial charge in [-0.1, -0.05) is 18.2 Å². The van der Waals surface area contributed by atoms with Crippen molar-refractivity contribution in [2.24, 2.45) is 0 Å². The van der Waals surface area contributed by atoms with E-state index in [-0.39, 0.29) is 23.0 Å². The number of aryl methyl sites for hydroxylation is 2. The molecular weight excluding hydrogens is 302 g/mol. The largest absolute Gasteiger partial charge is 0.294 e. The van der Waals surface area contributed by atoms with Crippen molar-refractivity contribution in [3.05, 3.63) is 47.8 Å². The zero-order valence-electron chi connectivity index (χ0n) is 12.4. The van der Waals surface area contributed by atoms with E-state index in [1.54, 1.807) is 38.1 Å². The number of amides is 1. The molecule has 1 N–H and O–H groups in total. The van der Waals surface area contributed by atoms with E-state index in [9.17, 15) is 13.2 Å². The summed E-state index contributed by atoms with van der Waals surface area (Å²) in [5.41, 5.74) is 1.47. The second-order valence-corrected chi connectivity index (χ2v) is 7.01. The number of carbonyl (C=O) groups is 1. The van der Waals surface area contributed by atoms with Crippen LogP contribution in [-0.4, -0.2) is 30.0 Å². The van der Waals surface area contributed by atoms with Crippen molar-refractivity contribution in [3.8, 4) is 0 Å². The van der Waals surface area contributed by atoms with E-state index in [0.717, 1.165) is 11.4 Å². The lowest BCUT2D eigenvalue weighted by molar-refractivity contribution is -0.115. The fourth-order valence-corrected chi connectivity index (χ4v) is 3.20. The van der Waals surface area contributed by atoms with Crippen LogP contribution in [0.3, 0.4) is 0 Å². The number of nitrogens with zero attached hydrogens (tertiary/aromatic N) is 2. The van der Waals surface area contributed by atoms with Crippen molar-refractivity contribution in [2.75, 3.05) is 11.1 Å². The number of aromatic nitrogens is 2. The molecule has 0 unspecified atom stereocenters. The molecule has 7 heteroatoms. The number of hydrogen-bond donors (Lipinski definition) is 1. The number of rotatable bonds is 5. The summed E-state index contributed by atoms with van der Waals surface area (Å²) in [5.74, 6) is -0.489. The Bertz CT molecular complexity index is 754. The van der Waals surface area contributed by atoms with E-state index < -0.39 is 15.7 Å². The molecule has 0 aliphatic heterocycles. The zero-order chi connectivity index (χ0) is 16.2. The number of sulfone groups is 1. The fraction of sp³-hybridized carbons (Fsp3) is 0.267. The van der Waals surface area contributed by atoms with Crippen LogP contribution in [0.4, 0.5) is 5.95 Å². The molecule has 0 saturated heterocycles. The minimum atomic E-state index is -3.47. The number of carbonyl (C=O) groups excluding carboxylic acids is 1. The molecule has 2 rings (SSSR count). The minimum absolute atomic E-state index is 0.145. The molecule has 22 heavy (non-hydrogen) atoms. The number of hydrogen-bond acceptors (Lipinski definition) is 5. The van der Waals surface area contributed by atoms with Gasteiger partial charge in [-0.25, -0.2) is 18.4 Å². The van der Waals surface area contributed by atoms with E-state index in [1.165, 1.54) is 12.1 Å². The third kappa shape index (κ3) is 4.36. The van der Waals surface area contributed by atoms with Crippen molar-refractivity contribution in [2.45, 2.75) is 25.2 Å². The standard InChI is InChI=1S/C15H17N3O3S/c1-11-10-12(2)17-15(16-11)18-14(19)8-9-22(20,21)13-6-4-3-5-7-13/h3-7,10H,8-9H2,1-2H3,(H,16,17,18,19). The summed E-state index contributed by atoms with van der Waals surface area (Å²) in [6, 6.07) is 9.85. The van der Waals surface area contributed by atoms with Crippen LogP contribution in [-0.2, 0) is 14.6 Å². The highest BCUT2D eigenvalue weighted by molar-refractivity contribution is 7.91. The lowest BCUT2D eigenvalue weighted by Gasteiger charge is -2.06. The molecule has 0 spiro atoms. The van der Waals surface area contributed by atoms with Gasteiger partial charge < -0.3 is 0 Å².